The number of anilines is 2. The number of amides is 2. The van der Waals surface area contributed by atoms with E-state index < -0.39 is 17.3 Å². The van der Waals surface area contributed by atoms with Crippen molar-refractivity contribution in [3.63, 3.8) is 0 Å². The van der Waals surface area contributed by atoms with Gasteiger partial charge in [-0.3, -0.25) is 14.4 Å². The Morgan fingerprint density at radius 2 is 1.52 bits per heavy atom. The van der Waals surface area contributed by atoms with E-state index in [-0.39, 0.29) is 11.8 Å². The molecule has 6 heteroatoms. The molecule has 0 aliphatic heterocycles. The lowest BCUT2D eigenvalue weighted by Crippen LogP contribution is -2.31. The SMILES string of the molecule is O=C(Nc1ccc(NC(=O)C2(C(=O)O)CC2)cc1)C1CC1. The molecule has 21 heavy (non-hydrogen) atoms. The van der Waals surface area contributed by atoms with Gasteiger partial charge in [-0.1, -0.05) is 0 Å². The molecule has 6 nitrogen and oxygen atoms in total. The molecule has 2 aliphatic rings. The van der Waals surface area contributed by atoms with Crippen LogP contribution in [0, 0.1) is 11.3 Å². The van der Waals surface area contributed by atoms with E-state index in [0.717, 1.165) is 12.8 Å². The van der Waals surface area contributed by atoms with Crippen LogP contribution in [0.3, 0.4) is 0 Å². The molecule has 0 saturated heterocycles. The van der Waals surface area contributed by atoms with Gasteiger partial charge in [-0.05, 0) is 49.9 Å². The van der Waals surface area contributed by atoms with Crippen molar-refractivity contribution in [2.45, 2.75) is 25.7 Å². The molecule has 0 bridgehead atoms. The number of carbonyl (C=O) groups excluding carboxylic acids is 2. The minimum atomic E-state index is -1.25. The summed E-state index contributed by atoms with van der Waals surface area (Å²) in [4.78, 5) is 34.6. The molecule has 0 radical (unpaired) electrons. The Kier molecular flexibility index (Phi) is 3.16. The average molecular weight is 288 g/mol. The molecule has 0 aromatic heterocycles. The first-order chi connectivity index (χ1) is 10.0. The fourth-order valence-electron chi connectivity index (χ4n) is 2.14. The Morgan fingerprint density at radius 1 is 1.00 bits per heavy atom. The predicted octanol–water partition coefficient (Wildman–Crippen LogP) is 1.84. The van der Waals surface area contributed by atoms with Crippen LogP contribution in [0.5, 0.6) is 0 Å². The quantitative estimate of drug-likeness (QED) is 0.720. The van der Waals surface area contributed by atoms with Crippen LogP contribution in [-0.2, 0) is 14.4 Å². The maximum atomic E-state index is 11.9. The number of nitrogens with one attached hydrogen (secondary N) is 2. The molecule has 1 aromatic carbocycles. The average Bonchev–Trinajstić information content (AvgIpc) is 3.32. The van der Waals surface area contributed by atoms with Gasteiger partial charge < -0.3 is 15.7 Å². The summed E-state index contributed by atoms with van der Waals surface area (Å²) in [6.45, 7) is 0. The van der Waals surface area contributed by atoms with Gasteiger partial charge in [0.15, 0.2) is 0 Å². The number of carbonyl (C=O) groups is 3. The van der Waals surface area contributed by atoms with Crippen molar-refractivity contribution in [3.05, 3.63) is 24.3 Å². The van der Waals surface area contributed by atoms with Crippen LogP contribution in [0.2, 0.25) is 0 Å². The monoisotopic (exact) mass is 288 g/mol. The summed E-state index contributed by atoms with van der Waals surface area (Å²) in [7, 11) is 0. The second-order valence-corrected chi connectivity index (χ2v) is 5.68. The van der Waals surface area contributed by atoms with Crippen molar-refractivity contribution in [2.24, 2.45) is 11.3 Å². The highest BCUT2D eigenvalue weighted by Crippen LogP contribution is 2.46. The van der Waals surface area contributed by atoms with Gasteiger partial charge in [-0.15, -0.1) is 0 Å². The highest BCUT2D eigenvalue weighted by molar-refractivity contribution is 6.10. The fourth-order valence-corrected chi connectivity index (χ4v) is 2.14. The van der Waals surface area contributed by atoms with Crippen LogP contribution >= 0.6 is 0 Å². The van der Waals surface area contributed by atoms with E-state index in [9.17, 15) is 14.4 Å². The van der Waals surface area contributed by atoms with E-state index in [1.807, 2.05) is 0 Å². The molecular weight excluding hydrogens is 272 g/mol. The van der Waals surface area contributed by atoms with Crippen molar-refractivity contribution in [2.75, 3.05) is 10.6 Å². The molecular formula is C15H16N2O4. The van der Waals surface area contributed by atoms with Crippen LogP contribution in [0.15, 0.2) is 24.3 Å². The summed E-state index contributed by atoms with van der Waals surface area (Å²) in [5, 5.41) is 14.5. The van der Waals surface area contributed by atoms with Gasteiger partial charge in [0.2, 0.25) is 11.8 Å². The summed E-state index contributed by atoms with van der Waals surface area (Å²) in [6.07, 6.45) is 2.64. The molecule has 0 heterocycles. The Labute approximate surface area is 121 Å². The minimum Gasteiger partial charge on any atom is -0.480 e. The maximum Gasteiger partial charge on any atom is 0.319 e. The van der Waals surface area contributed by atoms with Crippen molar-refractivity contribution in [3.8, 4) is 0 Å². The second kappa shape index (κ2) is 4.87. The zero-order valence-corrected chi connectivity index (χ0v) is 11.4. The molecule has 3 N–H and O–H groups in total. The molecule has 110 valence electrons. The third kappa shape index (κ3) is 2.74. The summed E-state index contributed by atoms with van der Waals surface area (Å²) in [6, 6.07) is 6.68. The summed E-state index contributed by atoms with van der Waals surface area (Å²) >= 11 is 0. The topological polar surface area (TPSA) is 95.5 Å². The molecule has 2 aliphatic carbocycles. The lowest BCUT2D eigenvalue weighted by atomic mass is 10.1. The predicted molar refractivity (Wildman–Crippen MR) is 75.7 cm³/mol. The largest absolute Gasteiger partial charge is 0.480 e. The zero-order chi connectivity index (χ0) is 15.0. The van der Waals surface area contributed by atoms with E-state index in [1.54, 1.807) is 24.3 Å². The molecule has 2 saturated carbocycles. The number of carboxylic acids is 1. The molecule has 0 atom stereocenters. The van der Waals surface area contributed by atoms with Gasteiger partial charge in [0.25, 0.3) is 0 Å². The van der Waals surface area contributed by atoms with Gasteiger partial charge >= 0.3 is 5.97 Å². The molecule has 1 aromatic rings. The lowest BCUT2D eigenvalue weighted by molar-refractivity contribution is -0.147. The zero-order valence-electron chi connectivity index (χ0n) is 11.4. The summed E-state index contributed by atoms with van der Waals surface area (Å²) in [5.41, 5.74) is -0.0556. The summed E-state index contributed by atoms with van der Waals surface area (Å²) < 4.78 is 0. The van der Waals surface area contributed by atoms with Gasteiger partial charge in [0.05, 0.1) is 0 Å². The Hall–Kier alpha value is -2.37. The first-order valence-electron chi connectivity index (χ1n) is 6.97. The molecule has 3 rings (SSSR count). The number of hydrogen-bond donors (Lipinski definition) is 3. The maximum absolute atomic E-state index is 11.9. The van der Waals surface area contributed by atoms with Gasteiger partial charge in [-0.25, -0.2) is 0 Å². The van der Waals surface area contributed by atoms with E-state index in [4.69, 9.17) is 5.11 Å². The van der Waals surface area contributed by atoms with Gasteiger partial charge in [-0.2, -0.15) is 0 Å². The third-order valence-corrected chi connectivity index (χ3v) is 3.95. The van der Waals surface area contributed by atoms with Crippen LogP contribution in [0.25, 0.3) is 0 Å². The Bertz CT molecular complexity index is 601. The number of aliphatic carboxylic acids is 1. The van der Waals surface area contributed by atoms with Crippen molar-refractivity contribution in [1.82, 2.24) is 0 Å². The third-order valence-electron chi connectivity index (χ3n) is 3.95. The minimum absolute atomic E-state index is 0.0228. The number of carboxylic acid groups (broad SMARTS) is 1. The first kappa shape index (κ1) is 13.6. The van der Waals surface area contributed by atoms with Crippen LogP contribution < -0.4 is 10.6 Å². The van der Waals surface area contributed by atoms with Crippen molar-refractivity contribution < 1.29 is 19.5 Å². The number of hydrogen-bond acceptors (Lipinski definition) is 3. The van der Waals surface area contributed by atoms with Gasteiger partial charge in [0.1, 0.15) is 5.41 Å². The lowest BCUT2D eigenvalue weighted by Gasteiger charge is -2.11. The van der Waals surface area contributed by atoms with Gasteiger partial charge in [0, 0.05) is 17.3 Å². The fraction of sp³-hybridized carbons (Fsp3) is 0.400. The van der Waals surface area contributed by atoms with E-state index >= 15 is 0 Å². The van der Waals surface area contributed by atoms with E-state index in [2.05, 4.69) is 10.6 Å². The number of rotatable bonds is 5. The second-order valence-electron chi connectivity index (χ2n) is 5.68. The van der Waals surface area contributed by atoms with E-state index in [1.165, 1.54) is 0 Å². The Balaban J connectivity index is 1.60. The smallest absolute Gasteiger partial charge is 0.319 e. The van der Waals surface area contributed by atoms with Crippen LogP contribution in [-0.4, -0.2) is 22.9 Å². The normalized spacial score (nSPS) is 18.7. The Morgan fingerprint density at radius 3 is 1.95 bits per heavy atom. The van der Waals surface area contributed by atoms with Crippen LogP contribution in [0.1, 0.15) is 25.7 Å². The highest BCUT2D eigenvalue weighted by atomic mass is 16.4. The van der Waals surface area contributed by atoms with Crippen LogP contribution in [0.4, 0.5) is 11.4 Å². The molecule has 0 unspecified atom stereocenters. The standard InChI is InChI=1S/C15H16N2O4/c18-12(9-1-2-9)16-10-3-5-11(6-4-10)17-13(19)15(7-8-15)14(20)21/h3-6,9H,1-2,7-8H2,(H,16,18)(H,17,19)(H,20,21). The molecule has 2 fully saturated rings. The van der Waals surface area contributed by atoms with E-state index in [0.29, 0.717) is 24.2 Å². The first-order valence-corrected chi connectivity index (χ1v) is 6.97. The number of benzene rings is 1. The molecule has 2 amide bonds. The molecule has 0 spiro atoms. The van der Waals surface area contributed by atoms with Crippen molar-refractivity contribution >= 4 is 29.2 Å². The summed E-state index contributed by atoms with van der Waals surface area (Å²) in [5.74, 6) is -1.40. The highest BCUT2D eigenvalue weighted by Gasteiger charge is 2.57. The van der Waals surface area contributed by atoms with Crippen molar-refractivity contribution in [1.29, 1.82) is 0 Å².